The van der Waals surface area contributed by atoms with Crippen molar-refractivity contribution in [2.45, 2.75) is 18.9 Å². The van der Waals surface area contributed by atoms with Gasteiger partial charge in [-0.1, -0.05) is 60.1 Å². The summed E-state index contributed by atoms with van der Waals surface area (Å²) >= 11 is 6.21. The SMILES string of the molecule is COc1cc([C@H]2CC(=O)OC3=C2C(=O)c2ccccc2C3=O)ccc1OCc1ccccc1Cl. The van der Waals surface area contributed by atoms with E-state index in [9.17, 15) is 14.4 Å². The predicted octanol–water partition coefficient (Wildman–Crippen LogP) is 5.29. The minimum atomic E-state index is -0.646. The molecule has 0 unspecified atom stereocenters. The van der Waals surface area contributed by atoms with Crippen LogP contribution >= 0.6 is 11.6 Å². The summed E-state index contributed by atoms with van der Waals surface area (Å²) in [4.78, 5) is 38.7. The van der Waals surface area contributed by atoms with Gasteiger partial charge in [-0.15, -0.1) is 0 Å². The summed E-state index contributed by atoms with van der Waals surface area (Å²) in [7, 11) is 1.51. The Hall–Kier alpha value is -3.90. The van der Waals surface area contributed by atoms with Gasteiger partial charge >= 0.3 is 5.97 Å². The molecule has 3 aromatic carbocycles. The Morgan fingerprint density at radius 3 is 2.35 bits per heavy atom. The number of carbonyl (C=O) groups is 3. The molecule has 0 fully saturated rings. The lowest BCUT2D eigenvalue weighted by Crippen LogP contribution is -2.32. The summed E-state index contributed by atoms with van der Waals surface area (Å²) in [6.07, 6.45) is -0.0665. The molecule has 6 nitrogen and oxygen atoms in total. The molecule has 0 saturated heterocycles. The van der Waals surface area contributed by atoms with E-state index in [2.05, 4.69) is 0 Å². The number of Topliss-reactive ketones (excluding diaryl/α,β-unsaturated/α-hetero) is 2. The molecule has 1 atom stereocenters. The van der Waals surface area contributed by atoms with E-state index in [-0.39, 0.29) is 35.7 Å². The molecule has 7 heteroatoms. The van der Waals surface area contributed by atoms with Crippen molar-refractivity contribution in [3.05, 3.63) is 105 Å². The Balaban J connectivity index is 1.50. The first kappa shape index (κ1) is 21.9. The highest BCUT2D eigenvalue weighted by Crippen LogP contribution is 2.43. The molecular formula is C27H19ClO6. The van der Waals surface area contributed by atoms with Gasteiger partial charge in [0.25, 0.3) is 0 Å². The normalized spacial score (nSPS) is 17.1. The maximum atomic E-state index is 13.3. The van der Waals surface area contributed by atoms with E-state index in [1.54, 1.807) is 48.5 Å². The third-order valence-electron chi connectivity index (χ3n) is 5.98. The molecule has 1 heterocycles. The van der Waals surface area contributed by atoms with Crippen LogP contribution in [0.2, 0.25) is 5.02 Å². The van der Waals surface area contributed by atoms with E-state index in [1.165, 1.54) is 7.11 Å². The van der Waals surface area contributed by atoms with Gasteiger partial charge in [-0.3, -0.25) is 14.4 Å². The third kappa shape index (κ3) is 3.76. The fourth-order valence-electron chi connectivity index (χ4n) is 4.29. The molecule has 0 amide bonds. The smallest absolute Gasteiger partial charge is 0.312 e. The first-order chi connectivity index (χ1) is 16.5. The van der Waals surface area contributed by atoms with Crippen LogP contribution in [0.3, 0.4) is 0 Å². The minimum absolute atomic E-state index is 0.0665. The number of ether oxygens (including phenoxy) is 3. The van der Waals surface area contributed by atoms with Gasteiger partial charge in [-0.2, -0.15) is 0 Å². The summed E-state index contributed by atoms with van der Waals surface area (Å²) in [5.74, 6) is -1.27. The molecule has 0 aromatic heterocycles. The van der Waals surface area contributed by atoms with E-state index in [1.807, 2.05) is 18.2 Å². The Kier molecular flexibility index (Phi) is 5.67. The van der Waals surface area contributed by atoms with Gasteiger partial charge in [0.05, 0.1) is 19.1 Å². The van der Waals surface area contributed by atoms with Gasteiger partial charge in [0.2, 0.25) is 5.78 Å². The number of methoxy groups -OCH3 is 1. The highest BCUT2D eigenvalue weighted by atomic mass is 35.5. The van der Waals surface area contributed by atoms with Crippen molar-refractivity contribution in [2.24, 2.45) is 0 Å². The van der Waals surface area contributed by atoms with Crippen LogP contribution in [0, 0.1) is 0 Å². The monoisotopic (exact) mass is 474 g/mol. The van der Waals surface area contributed by atoms with E-state index in [0.29, 0.717) is 27.6 Å². The average molecular weight is 475 g/mol. The van der Waals surface area contributed by atoms with Crippen LogP contribution in [0.15, 0.2) is 78.1 Å². The van der Waals surface area contributed by atoms with E-state index < -0.39 is 17.7 Å². The number of allylic oxidation sites excluding steroid dienone is 2. The van der Waals surface area contributed by atoms with Crippen molar-refractivity contribution >= 4 is 29.1 Å². The molecule has 0 saturated carbocycles. The summed E-state index contributed by atoms with van der Waals surface area (Å²) in [6, 6.07) is 19.1. The molecule has 170 valence electrons. The minimum Gasteiger partial charge on any atom is -0.493 e. The predicted molar refractivity (Wildman–Crippen MR) is 124 cm³/mol. The first-order valence-corrected chi connectivity index (χ1v) is 11.0. The van der Waals surface area contributed by atoms with Gasteiger partial charge in [0.1, 0.15) is 6.61 Å². The van der Waals surface area contributed by atoms with Crippen molar-refractivity contribution in [1.29, 1.82) is 0 Å². The second kappa shape index (κ2) is 8.80. The Morgan fingerprint density at radius 2 is 1.62 bits per heavy atom. The zero-order chi connectivity index (χ0) is 23.8. The second-order valence-corrected chi connectivity index (χ2v) is 8.37. The fourth-order valence-corrected chi connectivity index (χ4v) is 4.48. The van der Waals surface area contributed by atoms with Gasteiger partial charge in [0.15, 0.2) is 23.0 Å². The number of carbonyl (C=O) groups excluding carboxylic acids is 3. The summed E-state index contributed by atoms with van der Waals surface area (Å²) in [6.45, 7) is 0.240. The van der Waals surface area contributed by atoms with E-state index >= 15 is 0 Å². The van der Waals surface area contributed by atoms with Crippen LogP contribution in [-0.4, -0.2) is 24.6 Å². The van der Waals surface area contributed by atoms with Crippen LogP contribution in [0.1, 0.15) is 44.2 Å². The van der Waals surface area contributed by atoms with Crippen LogP contribution < -0.4 is 9.47 Å². The molecule has 3 aromatic rings. The van der Waals surface area contributed by atoms with Crippen molar-refractivity contribution in [1.82, 2.24) is 0 Å². The zero-order valence-electron chi connectivity index (χ0n) is 18.2. The number of ketones is 2. The highest BCUT2D eigenvalue weighted by Gasteiger charge is 2.43. The first-order valence-electron chi connectivity index (χ1n) is 10.7. The third-order valence-corrected chi connectivity index (χ3v) is 6.35. The number of halogens is 1. The number of hydrogen-bond donors (Lipinski definition) is 0. The number of rotatable bonds is 5. The maximum absolute atomic E-state index is 13.3. The summed E-state index contributed by atoms with van der Waals surface area (Å²) in [5.41, 5.74) is 2.20. The molecule has 0 radical (unpaired) electrons. The molecule has 1 aliphatic heterocycles. The zero-order valence-corrected chi connectivity index (χ0v) is 18.9. The van der Waals surface area contributed by atoms with Gasteiger partial charge in [-0.25, -0.2) is 0 Å². The summed E-state index contributed by atoms with van der Waals surface area (Å²) < 4.78 is 16.7. The number of benzene rings is 3. The Morgan fingerprint density at radius 1 is 0.912 bits per heavy atom. The lowest BCUT2D eigenvalue weighted by Gasteiger charge is -2.30. The van der Waals surface area contributed by atoms with Crippen LogP contribution in [-0.2, 0) is 16.1 Å². The molecule has 2 aliphatic rings. The molecule has 5 rings (SSSR count). The van der Waals surface area contributed by atoms with Gasteiger partial charge < -0.3 is 14.2 Å². The molecule has 0 spiro atoms. The Bertz CT molecular complexity index is 1370. The van der Waals surface area contributed by atoms with Crippen LogP contribution in [0.4, 0.5) is 0 Å². The molecule has 0 N–H and O–H groups in total. The number of fused-ring (bicyclic) bond motifs is 1. The van der Waals surface area contributed by atoms with Crippen molar-refractivity contribution < 1.29 is 28.6 Å². The molecule has 1 aliphatic carbocycles. The fraction of sp³-hybridized carbons (Fsp3) is 0.148. The maximum Gasteiger partial charge on any atom is 0.312 e. The lowest BCUT2D eigenvalue weighted by molar-refractivity contribution is -0.140. The second-order valence-electron chi connectivity index (χ2n) is 7.97. The van der Waals surface area contributed by atoms with Crippen LogP contribution in [0.25, 0.3) is 0 Å². The van der Waals surface area contributed by atoms with Crippen molar-refractivity contribution in [3.8, 4) is 11.5 Å². The summed E-state index contributed by atoms with van der Waals surface area (Å²) in [5, 5.41) is 0.596. The molecular weight excluding hydrogens is 456 g/mol. The molecule has 0 bridgehead atoms. The van der Waals surface area contributed by atoms with Gasteiger partial charge in [0, 0.05) is 27.6 Å². The van der Waals surface area contributed by atoms with Gasteiger partial charge in [-0.05, 0) is 23.8 Å². The number of hydrogen-bond acceptors (Lipinski definition) is 6. The van der Waals surface area contributed by atoms with Crippen molar-refractivity contribution in [2.75, 3.05) is 7.11 Å². The Labute approximate surface area is 200 Å². The van der Waals surface area contributed by atoms with E-state index in [4.69, 9.17) is 25.8 Å². The standard InChI is InChI=1S/C27H19ClO6/c1-32-22-12-15(10-11-21(22)33-14-16-6-2-5-9-20(16)28)19-13-23(29)34-27-24(19)25(30)17-7-3-4-8-18(17)26(27)31/h2-12,19H,13-14H2,1H3/t19-/m1/s1. The quantitative estimate of drug-likeness (QED) is 0.467. The van der Waals surface area contributed by atoms with E-state index in [0.717, 1.165) is 5.56 Å². The lowest BCUT2D eigenvalue weighted by atomic mass is 9.77. The molecule has 34 heavy (non-hydrogen) atoms. The van der Waals surface area contributed by atoms with Crippen LogP contribution in [0.5, 0.6) is 11.5 Å². The average Bonchev–Trinajstić information content (AvgIpc) is 2.86. The largest absolute Gasteiger partial charge is 0.493 e. The van der Waals surface area contributed by atoms with Crippen molar-refractivity contribution in [3.63, 3.8) is 0 Å². The topological polar surface area (TPSA) is 78.9 Å². The number of esters is 1. The highest BCUT2D eigenvalue weighted by molar-refractivity contribution is 6.31.